The number of aromatic amines is 1. The lowest BCUT2D eigenvalue weighted by Gasteiger charge is -2.63. The average molecular weight is 852 g/mol. The lowest BCUT2D eigenvalue weighted by molar-refractivity contribution is -0.228. The third-order valence-electron chi connectivity index (χ3n) is 15.8. The third-order valence-corrected chi connectivity index (χ3v) is 16.9. The molecule has 1 aromatic heterocycles. The first-order valence-electron chi connectivity index (χ1n) is 21.6. The molecule has 0 amide bonds. The van der Waals surface area contributed by atoms with Gasteiger partial charge in [-0.2, -0.15) is 5.26 Å². The molecular formula is C47H57N5O8S. The predicted molar refractivity (Wildman–Crippen MR) is 231 cm³/mol. The van der Waals surface area contributed by atoms with Gasteiger partial charge in [0.15, 0.2) is 6.10 Å². The van der Waals surface area contributed by atoms with Crippen LogP contribution in [-0.4, -0.2) is 127 Å². The second-order valence-electron chi connectivity index (χ2n) is 18.4. The largest absolute Gasteiger partial charge is 0.496 e. The van der Waals surface area contributed by atoms with Crippen molar-refractivity contribution in [3.63, 3.8) is 0 Å². The molecule has 14 heteroatoms. The molecule has 1 unspecified atom stereocenters. The van der Waals surface area contributed by atoms with Crippen molar-refractivity contribution in [2.24, 2.45) is 11.3 Å². The number of hydrogen-bond donors (Lipinski definition) is 2. The first kappa shape index (κ1) is 41.8. The van der Waals surface area contributed by atoms with Crippen LogP contribution in [0.1, 0.15) is 75.3 Å². The molecule has 2 saturated heterocycles. The number of aliphatic hydroxyl groups is 1. The molecule has 2 N–H and O–H groups in total. The van der Waals surface area contributed by atoms with Crippen molar-refractivity contribution in [2.75, 3.05) is 66.0 Å². The van der Waals surface area contributed by atoms with Gasteiger partial charge in [-0.05, 0) is 86.0 Å². The highest BCUT2D eigenvalue weighted by Gasteiger charge is 2.80. The monoisotopic (exact) mass is 851 g/mol. The molecule has 1 saturated carbocycles. The Bertz CT molecular complexity index is 2380. The number of carbonyl (C=O) groups excluding carboxylic acids is 3. The van der Waals surface area contributed by atoms with Gasteiger partial charge in [-0.3, -0.25) is 14.5 Å². The zero-order valence-corrected chi connectivity index (χ0v) is 37.0. The van der Waals surface area contributed by atoms with Crippen molar-refractivity contribution in [2.45, 2.75) is 98.7 Å². The van der Waals surface area contributed by atoms with E-state index in [0.717, 1.165) is 65.9 Å². The molecule has 2 aromatic carbocycles. The minimum Gasteiger partial charge on any atom is -0.496 e. The highest BCUT2D eigenvalue weighted by molar-refractivity contribution is 8.05. The summed E-state index contributed by atoms with van der Waals surface area (Å²) in [6, 6.07) is 11.0. The maximum Gasteiger partial charge on any atom is 0.344 e. The summed E-state index contributed by atoms with van der Waals surface area (Å²) in [6.45, 7) is 9.07. The number of anilines is 1. The first-order valence-corrected chi connectivity index (χ1v) is 22.4. The van der Waals surface area contributed by atoms with Gasteiger partial charge in [-0.25, -0.2) is 4.79 Å². The van der Waals surface area contributed by atoms with E-state index >= 15 is 4.79 Å². The van der Waals surface area contributed by atoms with Crippen LogP contribution in [0.2, 0.25) is 0 Å². The van der Waals surface area contributed by atoms with Gasteiger partial charge in [0.25, 0.3) is 0 Å². The van der Waals surface area contributed by atoms with Crippen LogP contribution >= 0.6 is 11.8 Å². The van der Waals surface area contributed by atoms with Crippen LogP contribution in [0.5, 0.6) is 5.75 Å². The van der Waals surface area contributed by atoms with Gasteiger partial charge >= 0.3 is 17.9 Å². The fourth-order valence-corrected chi connectivity index (χ4v) is 14.6. The number of H-pyrrole nitrogens is 1. The Morgan fingerprint density at radius 2 is 1.79 bits per heavy atom. The number of aromatic nitrogens is 1. The Balaban J connectivity index is 1.36. The summed E-state index contributed by atoms with van der Waals surface area (Å²) < 4.78 is 23.7. The molecule has 3 fully saturated rings. The van der Waals surface area contributed by atoms with Crippen molar-refractivity contribution < 1.29 is 38.4 Å². The molecule has 5 aliphatic heterocycles. The summed E-state index contributed by atoms with van der Waals surface area (Å²) in [4.78, 5) is 53.5. The van der Waals surface area contributed by atoms with Crippen LogP contribution in [0.4, 0.5) is 5.69 Å². The van der Waals surface area contributed by atoms with E-state index in [9.17, 15) is 20.0 Å². The van der Waals surface area contributed by atoms with Gasteiger partial charge in [-0.1, -0.05) is 44.2 Å². The minimum absolute atomic E-state index is 0.0145. The Kier molecular flexibility index (Phi) is 10.1. The number of hydrogen-bond acceptors (Lipinski definition) is 13. The number of piperidine rings is 1. The standard InChI is InChI=1S/C47H57N5O8S/c1-8-43(61-27-48)23-29-24-46(41(54)58-6,37-31(15-19-51(25-29)26-43)30-13-10-11-14-34(30)49-37)33-21-32-35(22-36(33)57-5)50(4)39-45(32)17-20-52-18-12-16-44(9-2,38(45)52)40(60-28(3)53)47(39,56)42(55)59-7/h10-14,16,21-22,29,38-40,49,56H,8-9,15,17-20,23-26H2,1-7H3/t29-,38+,39-,40-,43+,44-,45-,46+,47+/m1/s1. The number of thioether (sulfide) groups is 1. The zero-order chi connectivity index (χ0) is 43.3. The summed E-state index contributed by atoms with van der Waals surface area (Å²) in [5, 5.41) is 26.9. The molecule has 6 aliphatic rings. The smallest absolute Gasteiger partial charge is 0.344 e. The van der Waals surface area contributed by atoms with Crippen LogP contribution < -0.4 is 9.64 Å². The van der Waals surface area contributed by atoms with Gasteiger partial charge in [-0.15, -0.1) is 0 Å². The fraction of sp³-hybridized carbons (Fsp3) is 0.574. The maximum absolute atomic E-state index is 15.5. The van der Waals surface area contributed by atoms with E-state index in [1.165, 1.54) is 32.9 Å². The normalized spacial score (nSPS) is 36.0. The van der Waals surface area contributed by atoms with Crippen LogP contribution in [0.3, 0.4) is 0 Å². The number of nitriles is 1. The average Bonchev–Trinajstić information content (AvgIpc) is 3.92. The maximum atomic E-state index is 15.5. The Labute approximate surface area is 361 Å². The second kappa shape index (κ2) is 14.8. The molecule has 1 aliphatic carbocycles. The Morgan fingerprint density at radius 3 is 2.48 bits per heavy atom. The van der Waals surface area contributed by atoms with Crippen molar-refractivity contribution in [3.05, 3.63) is 70.9 Å². The summed E-state index contributed by atoms with van der Waals surface area (Å²) >= 11 is 1.35. The molecule has 324 valence electrons. The number of benzene rings is 2. The summed E-state index contributed by atoms with van der Waals surface area (Å²) in [5.41, 5.74) is -0.616. The van der Waals surface area contributed by atoms with Gasteiger partial charge in [0.05, 0.1) is 27.4 Å². The number of rotatable bonds is 8. The number of esters is 3. The Morgan fingerprint density at radius 1 is 1.02 bits per heavy atom. The summed E-state index contributed by atoms with van der Waals surface area (Å²) in [6.07, 6.45) is 6.46. The van der Waals surface area contributed by atoms with Crippen molar-refractivity contribution in [1.82, 2.24) is 14.8 Å². The Hall–Kier alpha value is -4.55. The van der Waals surface area contributed by atoms with Gasteiger partial charge in [0.1, 0.15) is 16.6 Å². The molecule has 9 rings (SSSR count). The van der Waals surface area contributed by atoms with Crippen LogP contribution in [-0.2, 0) is 45.8 Å². The number of methoxy groups -OCH3 is 3. The molecule has 61 heavy (non-hydrogen) atoms. The summed E-state index contributed by atoms with van der Waals surface area (Å²) in [7, 11) is 6.18. The molecule has 1 spiro atoms. The molecule has 0 radical (unpaired) electrons. The topological polar surface area (TPSA) is 158 Å². The van der Waals surface area contributed by atoms with E-state index in [2.05, 4.69) is 51.4 Å². The van der Waals surface area contributed by atoms with E-state index < -0.39 is 51.9 Å². The quantitative estimate of drug-likeness (QED) is 0.132. The van der Waals surface area contributed by atoms with Gasteiger partial charge < -0.3 is 38.8 Å². The third kappa shape index (κ3) is 5.52. The molecular weight excluding hydrogens is 795 g/mol. The fourth-order valence-electron chi connectivity index (χ4n) is 13.7. The highest BCUT2D eigenvalue weighted by atomic mass is 32.2. The van der Waals surface area contributed by atoms with E-state index in [0.29, 0.717) is 50.1 Å². The van der Waals surface area contributed by atoms with Gasteiger partial charge in [0.2, 0.25) is 5.60 Å². The second-order valence-corrected chi connectivity index (χ2v) is 19.6. The van der Waals surface area contributed by atoms with Crippen molar-refractivity contribution in [1.29, 1.82) is 5.26 Å². The summed E-state index contributed by atoms with van der Waals surface area (Å²) in [5.74, 6) is -1.45. The number of ether oxygens (including phenoxy) is 4. The number of likely N-dealkylation sites (N-methyl/N-ethyl adjacent to an activating group) is 1. The molecule has 10 atom stereocenters. The van der Waals surface area contributed by atoms with Crippen molar-refractivity contribution in [3.8, 4) is 11.2 Å². The number of carbonyl (C=O) groups is 3. The van der Waals surface area contributed by atoms with Crippen LogP contribution in [0.25, 0.3) is 10.9 Å². The number of nitrogens with one attached hydrogen (secondary N) is 1. The van der Waals surface area contributed by atoms with Crippen LogP contribution in [0, 0.1) is 22.0 Å². The van der Waals surface area contributed by atoms with E-state index in [1.54, 1.807) is 7.11 Å². The van der Waals surface area contributed by atoms with Gasteiger partial charge in [0, 0.05) is 95.7 Å². The predicted octanol–water partition coefficient (Wildman–Crippen LogP) is 5.21. The van der Waals surface area contributed by atoms with E-state index in [4.69, 9.17) is 18.9 Å². The molecule has 13 nitrogen and oxygen atoms in total. The van der Waals surface area contributed by atoms with Crippen molar-refractivity contribution >= 4 is 46.3 Å². The molecule has 2 bridgehead atoms. The van der Waals surface area contributed by atoms with E-state index in [1.807, 2.05) is 43.1 Å². The van der Waals surface area contributed by atoms with E-state index in [-0.39, 0.29) is 16.7 Å². The molecule has 3 aromatic rings. The number of nitrogens with zero attached hydrogens (tertiary/aromatic N) is 4. The van der Waals surface area contributed by atoms with Crippen LogP contribution in [0.15, 0.2) is 48.6 Å². The minimum atomic E-state index is -2.30. The molecule has 6 heterocycles. The lowest BCUT2D eigenvalue weighted by atomic mass is 9.47. The zero-order valence-electron chi connectivity index (χ0n) is 36.2. The number of thiocyanates is 1. The highest BCUT2D eigenvalue weighted by Crippen LogP contribution is 2.68. The number of fused-ring (bicyclic) bond motifs is 6. The number of para-hydroxylation sites is 1. The first-order chi connectivity index (χ1) is 29.3. The lowest BCUT2D eigenvalue weighted by Crippen LogP contribution is -2.81. The SMILES string of the molecule is CC[C@]1(SC#N)C[C@H]2CN(CCc3c([nH]c4ccccc34)[C@@](C(=O)OC)(c3cc4c(cc3OC)N(C)[C@H]3[C@@](O)(C(=O)OC)[C@H](OC(C)=O)[C@]5(CC)C=CCN6CC[C@]43[C@@H]65)C2)C1.